The van der Waals surface area contributed by atoms with Crippen LogP contribution in [0.4, 0.5) is 0 Å². The van der Waals surface area contributed by atoms with Crippen LogP contribution in [0.5, 0.6) is 0 Å². The standard InChI is InChI=1S/C7H8N2O5/c1-2-3(4(8)6(10)11)5(7(12)13)9-14-2/h4H,8H2,1H3,(H,10,11)(H,12,13). The average Bonchev–Trinajstić information content (AvgIpc) is 2.45. The van der Waals surface area contributed by atoms with Crippen molar-refractivity contribution >= 4 is 11.9 Å². The molecule has 0 spiro atoms. The minimum absolute atomic E-state index is 0.0947. The van der Waals surface area contributed by atoms with Gasteiger partial charge in [-0.3, -0.25) is 4.79 Å². The van der Waals surface area contributed by atoms with Gasteiger partial charge in [-0.2, -0.15) is 0 Å². The Morgan fingerprint density at radius 3 is 2.50 bits per heavy atom. The van der Waals surface area contributed by atoms with Gasteiger partial charge in [0.15, 0.2) is 5.69 Å². The van der Waals surface area contributed by atoms with Gasteiger partial charge in [-0.15, -0.1) is 0 Å². The zero-order chi connectivity index (χ0) is 10.9. The third-order valence-corrected chi connectivity index (χ3v) is 1.69. The molecule has 0 saturated carbocycles. The van der Waals surface area contributed by atoms with Gasteiger partial charge in [-0.25, -0.2) is 4.79 Å². The largest absolute Gasteiger partial charge is 0.480 e. The first-order chi connectivity index (χ1) is 6.45. The van der Waals surface area contributed by atoms with E-state index in [1.165, 1.54) is 6.92 Å². The molecule has 7 heteroatoms. The van der Waals surface area contributed by atoms with E-state index >= 15 is 0 Å². The second-order valence-corrected chi connectivity index (χ2v) is 2.62. The molecular weight excluding hydrogens is 192 g/mol. The van der Waals surface area contributed by atoms with E-state index in [9.17, 15) is 9.59 Å². The summed E-state index contributed by atoms with van der Waals surface area (Å²) < 4.78 is 4.55. The minimum Gasteiger partial charge on any atom is -0.480 e. The third kappa shape index (κ3) is 1.57. The molecule has 0 amide bonds. The van der Waals surface area contributed by atoms with Gasteiger partial charge in [-0.05, 0) is 6.92 Å². The van der Waals surface area contributed by atoms with Crippen LogP contribution in [0.1, 0.15) is 27.9 Å². The molecule has 1 rings (SSSR count). The van der Waals surface area contributed by atoms with Crippen molar-refractivity contribution < 1.29 is 24.3 Å². The van der Waals surface area contributed by atoms with Crippen LogP contribution in [-0.4, -0.2) is 27.3 Å². The lowest BCUT2D eigenvalue weighted by Gasteiger charge is -2.04. The summed E-state index contributed by atoms with van der Waals surface area (Å²) in [7, 11) is 0. The summed E-state index contributed by atoms with van der Waals surface area (Å²) >= 11 is 0. The lowest BCUT2D eigenvalue weighted by atomic mass is 10.1. The predicted octanol–water partition coefficient (Wildman–Crippen LogP) is -0.234. The first kappa shape index (κ1) is 10.2. The fourth-order valence-electron chi connectivity index (χ4n) is 1.02. The molecule has 0 saturated heterocycles. The molecule has 0 aromatic carbocycles. The van der Waals surface area contributed by atoms with Crippen molar-refractivity contribution in [1.82, 2.24) is 5.16 Å². The molecule has 0 aliphatic carbocycles. The van der Waals surface area contributed by atoms with Crippen LogP contribution in [-0.2, 0) is 4.79 Å². The average molecular weight is 200 g/mol. The number of hydrogen-bond donors (Lipinski definition) is 3. The zero-order valence-electron chi connectivity index (χ0n) is 7.22. The Hall–Kier alpha value is -1.89. The highest BCUT2D eigenvalue weighted by Gasteiger charge is 2.28. The number of aliphatic carboxylic acids is 1. The monoisotopic (exact) mass is 200 g/mol. The highest BCUT2D eigenvalue weighted by atomic mass is 16.5. The first-order valence-electron chi connectivity index (χ1n) is 3.63. The van der Waals surface area contributed by atoms with E-state index in [1.54, 1.807) is 0 Å². The maximum absolute atomic E-state index is 10.6. The van der Waals surface area contributed by atoms with E-state index in [0.29, 0.717) is 0 Å². The van der Waals surface area contributed by atoms with Gasteiger partial charge in [0.05, 0.1) is 5.56 Å². The van der Waals surface area contributed by atoms with Crippen LogP contribution in [0.3, 0.4) is 0 Å². The second kappa shape index (κ2) is 3.46. The van der Waals surface area contributed by atoms with Crippen molar-refractivity contribution in [2.45, 2.75) is 13.0 Å². The molecule has 0 radical (unpaired) electrons. The van der Waals surface area contributed by atoms with E-state index in [2.05, 4.69) is 9.68 Å². The Kier molecular flexibility index (Phi) is 2.52. The Balaban J connectivity index is 3.24. The summed E-state index contributed by atoms with van der Waals surface area (Å²) in [6.07, 6.45) is 0. The normalized spacial score (nSPS) is 12.4. The fourth-order valence-corrected chi connectivity index (χ4v) is 1.02. The molecule has 14 heavy (non-hydrogen) atoms. The SMILES string of the molecule is Cc1onc(C(=O)O)c1C(N)C(=O)O. The number of carboxylic acids is 2. The highest BCUT2D eigenvalue weighted by Crippen LogP contribution is 2.20. The van der Waals surface area contributed by atoms with Crippen LogP contribution < -0.4 is 5.73 Å². The molecule has 1 aromatic rings. The summed E-state index contributed by atoms with van der Waals surface area (Å²) in [5, 5.41) is 20.4. The van der Waals surface area contributed by atoms with Gasteiger partial charge < -0.3 is 20.5 Å². The number of aromatic nitrogens is 1. The van der Waals surface area contributed by atoms with E-state index in [0.717, 1.165) is 0 Å². The number of hydrogen-bond acceptors (Lipinski definition) is 5. The van der Waals surface area contributed by atoms with Crippen molar-refractivity contribution in [3.8, 4) is 0 Å². The Morgan fingerprint density at radius 1 is 1.50 bits per heavy atom. The third-order valence-electron chi connectivity index (χ3n) is 1.69. The minimum atomic E-state index is -1.44. The zero-order valence-corrected chi connectivity index (χ0v) is 7.22. The van der Waals surface area contributed by atoms with Crippen LogP contribution in [0.2, 0.25) is 0 Å². The Morgan fingerprint density at radius 2 is 2.07 bits per heavy atom. The smallest absolute Gasteiger partial charge is 0.358 e. The van der Waals surface area contributed by atoms with Gasteiger partial charge in [-0.1, -0.05) is 5.16 Å². The number of aryl methyl sites for hydroxylation is 1. The molecule has 1 unspecified atom stereocenters. The highest BCUT2D eigenvalue weighted by molar-refractivity contribution is 5.90. The van der Waals surface area contributed by atoms with Crippen molar-refractivity contribution in [3.05, 3.63) is 17.0 Å². The Labute approximate surface area is 78.1 Å². The summed E-state index contributed by atoms with van der Waals surface area (Å²) in [6.45, 7) is 1.40. The van der Waals surface area contributed by atoms with Crippen LogP contribution in [0.15, 0.2) is 4.52 Å². The summed E-state index contributed by atoms with van der Waals surface area (Å²) in [4.78, 5) is 21.1. The molecule has 76 valence electrons. The van der Waals surface area contributed by atoms with Gasteiger partial charge in [0.25, 0.3) is 0 Å². The summed E-state index contributed by atoms with van der Waals surface area (Å²) in [5.74, 6) is -2.61. The number of aromatic carboxylic acids is 1. The molecule has 0 aliphatic heterocycles. The second-order valence-electron chi connectivity index (χ2n) is 2.62. The van der Waals surface area contributed by atoms with E-state index in [1.807, 2.05) is 0 Å². The molecule has 0 fully saturated rings. The molecule has 1 aromatic heterocycles. The fraction of sp³-hybridized carbons (Fsp3) is 0.286. The van der Waals surface area contributed by atoms with E-state index in [-0.39, 0.29) is 11.3 Å². The summed E-state index contributed by atoms with van der Waals surface area (Å²) in [5.41, 5.74) is 4.69. The maximum Gasteiger partial charge on any atom is 0.358 e. The van der Waals surface area contributed by atoms with Gasteiger partial charge in [0.1, 0.15) is 11.8 Å². The molecule has 4 N–H and O–H groups in total. The van der Waals surface area contributed by atoms with Crippen molar-refractivity contribution in [3.63, 3.8) is 0 Å². The van der Waals surface area contributed by atoms with Crippen LogP contribution in [0.25, 0.3) is 0 Å². The molecule has 1 atom stereocenters. The molecule has 1 heterocycles. The number of nitrogens with zero attached hydrogens (tertiary/aromatic N) is 1. The van der Waals surface area contributed by atoms with Gasteiger partial charge >= 0.3 is 11.9 Å². The van der Waals surface area contributed by atoms with Gasteiger partial charge in [0.2, 0.25) is 0 Å². The van der Waals surface area contributed by atoms with E-state index < -0.39 is 23.7 Å². The molecule has 0 aliphatic rings. The number of carboxylic acid groups (broad SMARTS) is 2. The lowest BCUT2D eigenvalue weighted by molar-refractivity contribution is -0.138. The molecular formula is C7H8N2O5. The van der Waals surface area contributed by atoms with Gasteiger partial charge in [0, 0.05) is 0 Å². The predicted molar refractivity (Wildman–Crippen MR) is 42.8 cm³/mol. The number of rotatable bonds is 3. The van der Waals surface area contributed by atoms with Crippen molar-refractivity contribution in [2.24, 2.45) is 5.73 Å². The molecule has 7 nitrogen and oxygen atoms in total. The topological polar surface area (TPSA) is 127 Å². The van der Waals surface area contributed by atoms with Crippen LogP contribution >= 0.6 is 0 Å². The molecule has 0 bridgehead atoms. The quantitative estimate of drug-likeness (QED) is 0.614. The van der Waals surface area contributed by atoms with Crippen molar-refractivity contribution in [2.75, 3.05) is 0 Å². The van der Waals surface area contributed by atoms with E-state index in [4.69, 9.17) is 15.9 Å². The van der Waals surface area contributed by atoms with Crippen molar-refractivity contribution in [1.29, 1.82) is 0 Å². The number of nitrogens with two attached hydrogens (primary N) is 1. The Bertz CT molecular complexity index is 383. The summed E-state index contributed by atoms with van der Waals surface area (Å²) in [6, 6.07) is -1.44. The van der Waals surface area contributed by atoms with Crippen LogP contribution in [0, 0.1) is 6.92 Å². The maximum atomic E-state index is 10.6. The number of carbonyl (C=O) groups is 2. The lowest BCUT2D eigenvalue weighted by Crippen LogP contribution is -2.23. The first-order valence-corrected chi connectivity index (χ1v) is 3.63.